The molecule has 0 aliphatic heterocycles. The first-order chi connectivity index (χ1) is 15.7. The molecule has 170 valence electrons. The summed E-state index contributed by atoms with van der Waals surface area (Å²) in [5, 5.41) is 11.5. The number of hydrogen-bond donors (Lipinski definition) is 1. The molecule has 0 bridgehead atoms. The zero-order chi connectivity index (χ0) is 23.8. The van der Waals surface area contributed by atoms with Crippen LogP contribution in [-0.4, -0.2) is 24.5 Å². The number of benzene rings is 1. The van der Waals surface area contributed by atoms with Crippen LogP contribution >= 0.6 is 11.6 Å². The summed E-state index contributed by atoms with van der Waals surface area (Å²) in [6.45, 7) is 4.17. The molecule has 11 heteroatoms. The van der Waals surface area contributed by atoms with Gasteiger partial charge in [0.15, 0.2) is 5.82 Å². The van der Waals surface area contributed by atoms with Crippen LogP contribution in [0.1, 0.15) is 22.5 Å². The highest BCUT2D eigenvalue weighted by Crippen LogP contribution is 2.28. The van der Waals surface area contributed by atoms with Crippen LogP contribution in [-0.2, 0) is 12.7 Å². The zero-order valence-corrected chi connectivity index (χ0v) is 18.3. The Morgan fingerprint density at radius 1 is 1.03 bits per heavy atom. The van der Waals surface area contributed by atoms with Crippen LogP contribution in [0.15, 0.2) is 59.7 Å². The third-order valence-corrected chi connectivity index (χ3v) is 5.47. The molecule has 7 nitrogen and oxygen atoms in total. The van der Waals surface area contributed by atoms with Crippen molar-refractivity contribution < 1.29 is 13.2 Å². The maximum Gasteiger partial charge on any atom is 0.417 e. The Labute approximate surface area is 191 Å². The van der Waals surface area contributed by atoms with Gasteiger partial charge < -0.3 is 5.32 Å². The number of halogens is 4. The van der Waals surface area contributed by atoms with Crippen LogP contribution in [0.3, 0.4) is 0 Å². The van der Waals surface area contributed by atoms with Gasteiger partial charge in [0.25, 0.3) is 5.56 Å². The van der Waals surface area contributed by atoms with E-state index in [4.69, 9.17) is 11.6 Å². The predicted octanol–water partition coefficient (Wildman–Crippen LogP) is 4.71. The summed E-state index contributed by atoms with van der Waals surface area (Å²) in [7, 11) is 0. The van der Waals surface area contributed by atoms with E-state index in [-0.39, 0.29) is 16.5 Å². The molecular weight excluding hydrogens is 457 g/mol. The minimum absolute atomic E-state index is 0.0720. The number of nitrogens with one attached hydrogen (secondary N) is 1. The van der Waals surface area contributed by atoms with Crippen molar-refractivity contribution in [1.82, 2.24) is 24.5 Å². The van der Waals surface area contributed by atoms with E-state index in [2.05, 4.69) is 20.5 Å². The van der Waals surface area contributed by atoms with E-state index in [9.17, 15) is 18.0 Å². The van der Waals surface area contributed by atoms with Crippen molar-refractivity contribution >= 4 is 17.3 Å². The van der Waals surface area contributed by atoms with E-state index >= 15 is 0 Å². The van der Waals surface area contributed by atoms with Gasteiger partial charge in [-0.25, -0.2) is 9.67 Å². The standard InChI is InChI=1S/C22H18ClF3N6O/c1-13-17(14(2)31(30-13)16-6-4-3-5-7-16)11-27-18-12-29-32(21(33)20(18)23)19-9-8-15(10-28-19)22(24,25)26/h3-10,12,27H,11H2,1-2H3. The molecule has 0 saturated carbocycles. The second kappa shape index (κ2) is 8.70. The summed E-state index contributed by atoms with van der Waals surface area (Å²) in [5.74, 6) is -0.0720. The van der Waals surface area contributed by atoms with Crippen molar-refractivity contribution in [2.24, 2.45) is 0 Å². The summed E-state index contributed by atoms with van der Waals surface area (Å²) in [5.41, 5.74) is 2.26. The molecule has 0 radical (unpaired) electrons. The van der Waals surface area contributed by atoms with Gasteiger partial charge in [0.2, 0.25) is 0 Å². The number of aryl methyl sites for hydroxylation is 1. The van der Waals surface area contributed by atoms with Crippen LogP contribution in [0.25, 0.3) is 11.5 Å². The number of para-hydroxylation sites is 1. The third kappa shape index (κ3) is 4.47. The maximum absolute atomic E-state index is 12.7. The van der Waals surface area contributed by atoms with Crippen molar-refractivity contribution in [3.05, 3.63) is 92.7 Å². The number of pyridine rings is 1. The molecule has 0 amide bonds. The van der Waals surface area contributed by atoms with Crippen molar-refractivity contribution in [3.63, 3.8) is 0 Å². The fraction of sp³-hybridized carbons (Fsp3) is 0.182. The van der Waals surface area contributed by atoms with Gasteiger partial charge in [0.05, 0.1) is 28.8 Å². The van der Waals surface area contributed by atoms with Crippen molar-refractivity contribution in [3.8, 4) is 11.5 Å². The summed E-state index contributed by atoms with van der Waals surface area (Å²) < 4.78 is 40.9. The van der Waals surface area contributed by atoms with Gasteiger partial charge in [-0.05, 0) is 38.1 Å². The summed E-state index contributed by atoms with van der Waals surface area (Å²) >= 11 is 6.23. The number of rotatable bonds is 5. The van der Waals surface area contributed by atoms with E-state index in [1.54, 1.807) is 0 Å². The molecule has 0 spiro atoms. The highest BCUT2D eigenvalue weighted by molar-refractivity contribution is 6.32. The van der Waals surface area contributed by atoms with Gasteiger partial charge in [0, 0.05) is 24.0 Å². The smallest absolute Gasteiger partial charge is 0.378 e. The number of alkyl halides is 3. The van der Waals surface area contributed by atoms with Crippen LogP contribution in [0.4, 0.5) is 18.9 Å². The Hall–Kier alpha value is -3.66. The van der Waals surface area contributed by atoms with E-state index in [1.165, 1.54) is 6.20 Å². The predicted molar refractivity (Wildman–Crippen MR) is 118 cm³/mol. The van der Waals surface area contributed by atoms with Crippen molar-refractivity contribution in [2.75, 3.05) is 5.32 Å². The van der Waals surface area contributed by atoms with E-state index in [0.29, 0.717) is 12.7 Å². The fourth-order valence-electron chi connectivity index (χ4n) is 3.33. The molecule has 3 heterocycles. The van der Waals surface area contributed by atoms with Gasteiger partial charge in [-0.2, -0.15) is 28.1 Å². The van der Waals surface area contributed by atoms with Crippen LogP contribution in [0.5, 0.6) is 0 Å². The Kier molecular flexibility index (Phi) is 5.94. The first-order valence-electron chi connectivity index (χ1n) is 9.82. The van der Waals surface area contributed by atoms with Crippen LogP contribution < -0.4 is 10.9 Å². The van der Waals surface area contributed by atoms with Gasteiger partial charge in [0.1, 0.15) is 5.02 Å². The lowest BCUT2D eigenvalue weighted by molar-refractivity contribution is -0.137. The van der Waals surface area contributed by atoms with E-state index in [0.717, 1.165) is 39.5 Å². The zero-order valence-electron chi connectivity index (χ0n) is 17.6. The Balaban J connectivity index is 1.57. The minimum Gasteiger partial charge on any atom is -0.378 e. The lowest BCUT2D eigenvalue weighted by atomic mass is 10.2. The highest BCUT2D eigenvalue weighted by atomic mass is 35.5. The van der Waals surface area contributed by atoms with Gasteiger partial charge in [-0.3, -0.25) is 4.79 Å². The Morgan fingerprint density at radius 2 is 1.76 bits per heavy atom. The lowest BCUT2D eigenvalue weighted by Crippen LogP contribution is -2.23. The van der Waals surface area contributed by atoms with Crippen molar-refractivity contribution in [2.45, 2.75) is 26.6 Å². The first kappa shape index (κ1) is 22.5. The monoisotopic (exact) mass is 474 g/mol. The lowest BCUT2D eigenvalue weighted by Gasteiger charge is -2.11. The molecule has 1 N–H and O–H groups in total. The van der Waals surface area contributed by atoms with E-state index < -0.39 is 17.3 Å². The third-order valence-electron chi connectivity index (χ3n) is 5.11. The molecule has 0 fully saturated rings. The fourth-order valence-corrected chi connectivity index (χ4v) is 3.53. The molecule has 0 atom stereocenters. The molecule has 4 rings (SSSR count). The largest absolute Gasteiger partial charge is 0.417 e. The maximum atomic E-state index is 12.7. The summed E-state index contributed by atoms with van der Waals surface area (Å²) in [4.78, 5) is 16.3. The average molecular weight is 475 g/mol. The van der Waals surface area contributed by atoms with Gasteiger partial charge in [-0.1, -0.05) is 29.8 Å². The number of anilines is 1. The topological polar surface area (TPSA) is 77.6 Å². The number of nitrogens with zero attached hydrogens (tertiary/aromatic N) is 5. The molecule has 0 unspecified atom stereocenters. The Bertz CT molecular complexity index is 1350. The molecule has 0 aliphatic carbocycles. The summed E-state index contributed by atoms with van der Waals surface area (Å²) in [6.07, 6.45) is -2.56. The molecule has 4 aromatic rings. The van der Waals surface area contributed by atoms with Gasteiger partial charge in [-0.15, -0.1) is 0 Å². The quantitative estimate of drug-likeness (QED) is 0.453. The second-order valence-electron chi connectivity index (χ2n) is 7.24. The van der Waals surface area contributed by atoms with Crippen LogP contribution in [0.2, 0.25) is 5.02 Å². The molecule has 0 aliphatic rings. The minimum atomic E-state index is -4.53. The molecule has 33 heavy (non-hydrogen) atoms. The normalized spacial score (nSPS) is 11.6. The molecular formula is C22H18ClF3N6O. The second-order valence-corrected chi connectivity index (χ2v) is 7.62. The number of aromatic nitrogens is 5. The SMILES string of the molecule is Cc1nn(-c2ccccc2)c(C)c1CNc1cnn(-c2ccc(C(F)(F)F)cn2)c(=O)c1Cl. The first-order valence-corrected chi connectivity index (χ1v) is 10.2. The molecule has 0 saturated heterocycles. The van der Waals surface area contributed by atoms with E-state index in [1.807, 2.05) is 48.9 Å². The molecule has 1 aromatic carbocycles. The Morgan fingerprint density at radius 3 is 2.39 bits per heavy atom. The molecule has 3 aromatic heterocycles. The average Bonchev–Trinajstić information content (AvgIpc) is 3.08. The van der Waals surface area contributed by atoms with Crippen molar-refractivity contribution in [1.29, 1.82) is 0 Å². The number of hydrogen-bond acceptors (Lipinski definition) is 5. The van der Waals surface area contributed by atoms with Gasteiger partial charge >= 0.3 is 6.18 Å². The van der Waals surface area contributed by atoms with Crippen LogP contribution in [0, 0.1) is 13.8 Å². The summed E-state index contributed by atoms with van der Waals surface area (Å²) in [6, 6.07) is 11.6. The highest BCUT2D eigenvalue weighted by Gasteiger charge is 2.30.